The van der Waals surface area contributed by atoms with Crippen LogP contribution in [0.2, 0.25) is 5.02 Å². The van der Waals surface area contributed by atoms with Gasteiger partial charge in [0.15, 0.2) is 5.96 Å². The third kappa shape index (κ3) is 4.11. The number of nitrogens with one attached hydrogen (secondary N) is 3. The Balaban J connectivity index is 1.48. The zero-order valence-electron chi connectivity index (χ0n) is 13.7. The van der Waals surface area contributed by atoms with Crippen molar-refractivity contribution < 1.29 is 0 Å². The van der Waals surface area contributed by atoms with Crippen molar-refractivity contribution in [2.75, 3.05) is 20.1 Å². The Bertz CT molecular complexity index is 804. The van der Waals surface area contributed by atoms with Gasteiger partial charge in [0.1, 0.15) is 0 Å². The van der Waals surface area contributed by atoms with Gasteiger partial charge in [0, 0.05) is 61.2 Å². The van der Waals surface area contributed by atoms with Crippen molar-refractivity contribution in [2.45, 2.75) is 13.0 Å². The van der Waals surface area contributed by atoms with Crippen molar-refractivity contribution in [1.29, 1.82) is 0 Å². The smallest absolute Gasteiger partial charge is 0.191 e. The second kappa shape index (κ2) is 7.93. The summed E-state index contributed by atoms with van der Waals surface area (Å²) in [7, 11) is 1.79. The fraction of sp³-hybridized carbons (Fsp3) is 0.278. The number of aromatic amines is 1. The number of H-pyrrole nitrogens is 1. The van der Waals surface area contributed by atoms with E-state index in [4.69, 9.17) is 11.6 Å². The third-order valence-corrected chi connectivity index (χ3v) is 4.20. The molecule has 2 heterocycles. The molecule has 0 aliphatic heterocycles. The van der Waals surface area contributed by atoms with Gasteiger partial charge in [-0.15, -0.1) is 0 Å². The number of guanidine groups is 1. The topological polar surface area (TPSA) is 57.1 Å². The largest absolute Gasteiger partial charge is 0.361 e. The molecular weight excluding hydrogens is 322 g/mol. The molecule has 0 amide bonds. The number of aliphatic imine (C=N–C) groups is 1. The van der Waals surface area contributed by atoms with Gasteiger partial charge in [0.25, 0.3) is 0 Å². The first-order valence-corrected chi connectivity index (χ1v) is 8.45. The lowest BCUT2D eigenvalue weighted by Crippen LogP contribution is -2.39. The molecule has 0 atom stereocenters. The normalized spacial score (nSPS) is 11.8. The average molecular weight is 344 g/mol. The van der Waals surface area contributed by atoms with Gasteiger partial charge >= 0.3 is 0 Å². The summed E-state index contributed by atoms with van der Waals surface area (Å²) in [5.41, 5.74) is 2.37. The highest BCUT2D eigenvalue weighted by Crippen LogP contribution is 2.22. The lowest BCUT2D eigenvalue weighted by atomic mass is 10.1. The van der Waals surface area contributed by atoms with Crippen LogP contribution in [0.5, 0.6) is 0 Å². The monoisotopic (exact) mass is 343 g/mol. The molecular formula is C18H22ClN5. The van der Waals surface area contributed by atoms with Crippen LogP contribution in [0.25, 0.3) is 10.9 Å². The zero-order valence-corrected chi connectivity index (χ0v) is 14.5. The number of aromatic nitrogens is 2. The molecule has 3 rings (SSSR count). The van der Waals surface area contributed by atoms with Crippen LogP contribution in [0.4, 0.5) is 0 Å². The molecule has 0 fully saturated rings. The Hall–Kier alpha value is -2.40. The zero-order chi connectivity index (χ0) is 16.8. The number of hydrogen-bond donors (Lipinski definition) is 3. The van der Waals surface area contributed by atoms with Crippen molar-refractivity contribution >= 4 is 28.5 Å². The molecule has 6 heteroatoms. The Kier molecular flexibility index (Phi) is 5.43. The maximum atomic E-state index is 6.09. The predicted octanol–water partition coefficient (Wildman–Crippen LogP) is 3.03. The molecule has 3 N–H and O–H groups in total. The molecule has 24 heavy (non-hydrogen) atoms. The number of benzene rings is 1. The summed E-state index contributed by atoms with van der Waals surface area (Å²) in [5.74, 6) is 0.819. The van der Waals surface area contributed by atoms with Gasteiger partial charge in [0.05, 0.1) is 0 Å². The minimum absolute atomic E-state index is 0.763. The van der Waals surface area contributed by atoms with Crippen molar-refractivity contribution in [2.24, 2.45) is 4.99 Å². The van der Waals surface area contributed by atoms with E-state index < -0.39 is 0 Å². The lowest BCUT2D eigenvalue weighted by molar-refractivity contribution is 0.665. The van der Waals surface area contributed by atoms with E-state index in [0.717, 1.165) is 42.6 Å². The molecule has 0 aliphatic rings. The third-order valence-electron chi connectivity index (χ3n) is 3.97. The molecule has 0 saturated heterocycles. The van der Waals surface area contributed by atoms with Crippen LogP contribution >= 0.6 is 11.6 Å². The number of fused-ring (bicyclic) bond motifs is 1. The second-order valence-corrected chi connectivity index (χ2v) is 6.04. The maximum absolute atomic E-state index is 6.09. The number of nitrogens with zero attached hydrogens (tertiary/aromatic N) is 2. The van der Waals surface area contributed by atoms with Crippen LogP contribution in [0.15, 0.2) is 53.9 Å². The first kappa shape index (κ1) is 16.5. The predicted molar refractivity (Wildman–Crippen MR) is 101 cm³/mol. The number of halogens is 1. The van der Waals surface area contributed by atoms with E-state index in [-0.39, 0.29) is 0 Å². The molecule has 3 aromatic rings. The van der Waals surface area contributed by atoms with E-state index >= 15 is 0 Å². The standard InChI is InChI=1S/C18H22ClN5/c1-20-18(22-8-11-24-9-2-3-10-24)21-7-6-14-13-23-17-5-4-15(19)12-16(14)17/h2-5,9-10,12-13,23H,6-8,11H2,1H3,(H2,20,21,22). The quantitative estimate of drug-likeness (QED) is 0.476. The Morgan fingerprint density at radius 1 is 1.21 bits per heavy atom. The van der Waals surface area contributed by atoms with Gasteiger partial charge in [-0.1, -0.05) is 11.6 Å². The molecule has 0 aliphatic carbocycles. The van der Waals surface area contributed by atoms with Gasteiger partial charge in [-0.3, -0.25) is 4.99 Å². The molecule has 0 saturated carbocycles. The summed E-state index contributed by atoms with van der Waals surface area (Å²) in [6, 6.07) is 9.98. The van der Waals surface area contributed by atoms with Gasteiger partial charge < -0.3 is 20.2 Å². The van der Waals surface area contributed by atoms with Crippen molar-refractivity contribution in [3.8, 4) is 0 Å². The fourth-order valence-electron chi connectivity index (χ4n) is 2.72. The first-order chi connectivity index (χ1) is 11.8. The van der Waals surface area contributed by atoms with Gasteiger partial charge in [0.2, 0.25) is 0 Å². The molecule has 0 spiro atoms. The highest BCUT2D eigenvalue weighted by atomic mass is 35.5. The molecule has 0 unspecified atom stereocenters. The van der Waals surface area contributed by atoms with Gasteiger partial charge in [-0.05, 0) is 42.3 Å². The maximum Gasteiger partial charge on any atom is 0.191 e. The van der Waals surface area contributed by atoms with Crippen LogP contribution in [0, 0.1) is 0 Å². The summed E-state index contributed by atoms with van der Waals surface area (Å²) in [6.45, 7) is 2.55. The van der Waals surface area contributed by atoms with E-state index in [1.807, 2.05) is 36.5 Å². The van der Waals surface area contributed by atoms with Gasteiger partial charge in [-0.2, -0.15) is 0 Å². The van der Waals surface area contributed by atoms with Crippen LogP contribution in [0.1, 0.15) is 5.56 Å². The highest BCUT2D eigenvalue weighted by molar-refractivity contribution is 6.31. The Morgan fingerprint density at radius 3 is 2.79 bits per heavy atom. The Morgan fingerprint density at radius 2 is 2.00 bits per heavy atom. The van der Waals surface area contributed by atoms with E-state index in [0.29, 0.717) is 0 Å². The molecule has 0 bridgehead atoms. The molecule has 126 valence electrons. The van der Waals surface area contributed by atoms with Crippen LogP contribution in [-0.2, 0) is 13.0 Å². The molecule has 1 aromatic carbocycles. The summed E-state index contributed by atoms with van der Waals surface area (Å²) in [6.07, 6.45) is 7.06. The van der Waals surface area contributed by atoms with Crippen molar-refractivity contribution in [3.63, 3.8) is 0 Å². The summed E-state index contributed by atoms with van der Waals surface area (Å²) < 4.78 is 2.13. The first-order valence-electron chi connectivity index (χ1n) is 8.07. The van der Waals surface area contributed by atoms with Gasteiger partial charge in [-0.25, -0.2) is 0 Å². The highest BCUT2D eigenvalue weighted by Gasteiger charge is 2.05. The van der Waals surface area contributed by atoms with Crippen molar-refractivity contribution in [3.05, 3.63) is 59.5 Å². The van der Waals surface area contributed by atoms with E-state index in [2.05, 4.69) is 37.6 Å². The van der Waals surface area contributed by atoms with E-state index in [1.54, 1.807) is 7.05 Å². The SMILES string of the molecule is CN=C(NCCc1c[nH]c2ccc(Cl)cc12)NCCn1cccc1. The lowest BCUT2D eigenvalue weighted by Gasteiger charge is -2.12. The van der Waals surface area contributed by atoms with Crippen LogP contribution in [-0.4, -0.2) is 35.6 Å². The number of rotatable bonds is 6. The second-order valence-electron chi connectivity index (χ2n) is 5.60. The summed E-state index contributed by atoms with van der Waals surface area (Å²) >= 11 is 6.09. The summed E-state index contributed by atoms with van der Waals surface area (Å²) in [5, 5.41) is 8.62. The van der Waals surface area contributed by atoms with Crippen LogP contribution in [0.3, 0.4) is 0 Å². The molecule has 5 nitrogen and oxygen atoms in total. The average Bonchev–Trinajstić information content (AvgIpc) is 3.23. The fourth-order valence-corrected chi connectivity index (χ4v) is 2.89. The van der Waals surface area contributed by atoms with E-state index in [1.165, 1.54) is 10.9 Å². The summed E-state index contributed by atoms with van der Waals surface area (Å²) in [4.78, 5) is 7.54. The Labute approximate surface area is 146 Å². The van der Waals surface area contributed by atoms with E-state index in [9.17, 15) is 0 Å². The molecule has 0 radical (unpaired) electrons. The van der Waals surface area contributed by atoms with Crippen molar-refractivity contribution in [1.82, 2.24) is 20.2 Å². The minimum atomic E-state index is 0.763. The number of hydrogen-bond acceptors (Lipinski definition) is 1. The minimum Gasteiger partial charge on any atom is -0.361 e. The van der Waals surface area contributed by atoms with Crippen LogP contribution < -0.4 is 10.6 Å². The molecule has 2 aromatic heterocycles.